The Morgan fingerprint density at radius 2 is 1.94 bits per heavy atom. The minimum absolute atomic E-state index is 0.521. The molecule has 0 bridgehead atoms. The van der Waals surface area contributed by atoms with Crippen LogP contribution in [0.2, 0.25) is 0 Å². The fraction of sp³-hybridized carbons (Fsp3) is 0.600. The highest BCUT2D eigenvalue weighted by Crippen LogP contribution is 2.26. The van der Waals surface area contributed by atoms with E-state index in [2.05, 4.69) is 38.7 Å². The van der Waals surface area contributed by atoms with Crippen molar-refractivity contribution >= 4 is 11.4 Å². The lowest BCUT2D eigenvalue weighted by Crippen LogP contribution is -2.32. The molecule has 0 aliphatic rings. The van der Waals surface area contributed by atoms with E-state index in [0.717, 1.165) is 12.2 Å². The van der Waals surface area contributed by atoms with Crippen LogP contribution in [0.4, 0.5) is 11.4 Å². The number of unbranched alkanes of at least 4 members (excludes halogenated alkanes) is 2. The van der Waals surface area contributed by atoms with E-state index in [0.29, 0.717) is 6.04 Å². The molecular weight excluding hydrogens is 208 g/mol. The van der Waals surface area contributed by atoms with Gasteiger partial charge in [0.1, 0.15) is 0 Å². The molecule has 0 aromatic heterocycles. The van der Waals surface area contributed by atoms with Gasteiger partial charge in [0.15, 0.2) is 0 Å². The molecule has 0 unspecified atom stereocenters. The molecule has 0 aliphatic carbocycles. The highest BCUT2D eigenvalue weighted by molar-refractivity contribution is 5.64. The predicted octanol–water partition coefficient (Wildman–Crippen LogP) is 3.98. The maximum atomic E-state index is 5.99. The summed E-state index contributed by atoms with van der Waals surface area (Å²) < 4.78 is 0. The van der Waals surface area contributed by atoms with E-state index in [4.69, 9.17) is 5.73 Å². The van der Waals surface area contributed by atoms with E-state index in [1.807, 2.05) is 12.1 Å². The number of nitrogen functional groups attached to an aromatic ring is 1. The Morgan fingerprint density at radius 1 is 1.24 bits per heavy atom. The standard InChI is InChI=1S/C15H26N2/c1-5-6-7-11-17(12(2)3)15-10-8-9-14(16)13(15)4/h8-10,12H,5-7,11,16H2,1-4H3. The second kappa shape index (κ2) is 6.53. The van der Waals surface area contributed by atoms with Crippen molar-refractivity contribution in [1.29, 1.82) is 0 Å². The third kappa shape index (κ3) is 3.65. The van der Waals surface area contributed by atoms with Gasteiger partial charge in [0.2, 0.25) is 0 Å². The summed E-state index contributed by atoms with van der Waals surface area (Å²) >= 11 is 0. The van der Waals surface area contributed by atoms with Crippen molar-refractivity contribution in [3.63, 3.8) is 0 Å². The lowest BCUT2D eigenvalue weighted by atomic mass is 10.1. The first kappa shape index (κ1) is 13.9. The molecule has 0 saturated heterocycles. The Kier molecular flexibility index (Phi) is 5.33. The number of anilines is 2. The van der Waals surface area contributed by atoms with Crippen LogP contribution in [0.5, 0.6) is 0 Å². The van der Waals surface area contributed by atoms with Crippen molar-refractivity contribution in [3.05, 3.63) is 23.8 Å². The molecule has 0 saturated carbocycles. The average Bonchev–Trinajstić information content (AvgIpc) is 2.29. The van der Waals surface area contributed by atoms with E-state index in [-0.39, 0.29) is 0 Å². The van der Waals surface area contributed by atoms with Gasteiger partial charge in [0.25, 0.3) is 0 Å². The minimum Gasteiger partial charge on any atom is -0.398 e. The summed E-state index contributed by atoms with van der Waals surface area (Å²) in [5, 5.41) is 0. The number of hydrogen-bond donors (Lipinski definition) is 1. The van der Waals surface area contributed by atoms with Crippen LogP contribution in [0.25, 0.3) is 0 Å². The molecule has 0 atom stereocenters. The van der Waals surface area contributed by atoms with Crippen molar-refractivity contribution in [1.82, 2.24) is 0 Å². The summed E-state index contributed by atoms with van der Waals surface area (Å²) in [6.45, 7) is 9.96. The van der Waals surface area contributed by atoms with E-state index in [9.17, 15) is 0 Å². The smallest absolute Gasteiger partial charge is 0.0418 e. The molecule has 0 fully saturated rings. The molecule has 2 heteroatoms. The zero-order valence-electron chi connectivity index (χ0n) is 11.7. The van der Waals surface area contributed by atoms with Gasteiger partial charge in [-0.3, -0.25) is 0 Å². The largest absolute Gasteiger partial charge is 0.398 e. The summed E-state index contributed by atoms with van der Waals surface area (Å²) in [6, 6.07) is 6.72. The van der Waals surface area contributed by atoms with Crippen molar-refractivity contribution < 1.29 is 0 Å². The molecular formula is C15H26N2. The molecule has 1 aromatic rings. The molecule has 17 heavy (non-hydrogen) atoms. The summed E-state index contributed by atoms with van der Waals surface area (Å²) in [7, 11) is 0. The van der Waals surface area contributed by atoms with Gasteiger partial charge >= 0.3 is 0 Å². The van der Waals surface area contributed by atoms with Crippen molar-refractivity contribution in [3.8, 4) is 0 Å². The Balaban J connectivity index is 2.86. The fourth-order valence-corrected chi connectivity index (χ4v) is 2.14. The molecule has 0 amide bonds. The van der Waals surface area contributed by atoms with Gasteiger partial charge < -0.3 is 10.6 Å². The Labute approximate surface area is 106 Å². The molecule has 0 heterocycles. The molecule has 1 rings (SSSR count). The van der Waals surface area contributed by atoms with Gasteiger partial charge in [-0.2, -0.15) is 0 Å². The summed E-state index contributed by atoms with van der Waals surface area (Å²) in [5.41, 5.74) is 9.37. The van der Waals surface area contributed by atoms with E-state index in [1.165, 1.54) is 30.5 Å². The van der Waals surface area contributed by atoms with Crippen LogP contribution in [-0.4, -0.2) is 12.6 Å². The van der Waals surface area contributed by atoms with Crippen molar-refractivity contribution in [2.24, 2.45) is 0 Å². The maximum Gasteiger partial charge on any atom is 0.0418 e. The first-order chi connectivity index (χ1) is 8.07. The van der Waals surface area contributed by atoms with Crippen LogP contribution in [0.3, 0.4) is 0 Å². The summed E-state index contributed by atoms with van der Waals surface area (Å²) in [6.07, 6.45) is 3.81. The summed E-state index contributed by atoms with van der Waals surface area (Å²) in [5.74, 6) is 0. The van der Waals surface area contributed by atoms with Crippen LogP contribution < -0.4 is 10.6 Å². The average molecular weight is 234 g/mol. The third-order valence-electron chi connectivity index (χ3n) is 3.28. The molecule has 1 aromatic carbocycles. The highest BCUT2D eigenvalue weighted by atomic mass is 15.2. The lowest BCUT2D eigenvalue weighted by molar-refractivity contribution is 0.625. The van der Waals surface area contributed by atoms with E-state index < -0.39 is 0 Å². The normalized spacial score (nSPS) is 10.9. The SMILES string of the molecule is CCCCCN(c1cccc(N)c1C)C(C)C. The van der Waals surface area contributed by atoms with Gasteiger partial charge in [-0.15, -0.1) is 0 Å². The number of nitrogens with two attached hydrogens (primary N) is 1. The van der Waals surface area contributed by atoms with Gasteiger partial charge in [-0.05, 0) is 44.9 Å². The van der Waals surface area contributed by atoms with Crippen molar-refractivity contribution in [2.75, 3.05) is 17.2 Å². The van der Waals surface area contributed by atoms with Gasteiger partial charge in [-0.25, -0.2) is 0 Å². The first-order valence-electron chi connectivity index (χ1n) is 6.69. The molecule has 2 N–H and O–H groups in total. The van der Waals surface area contributed by atoms with E-state index >= 15 is 0 Å². The van der Waals surface area contributed by atoms with Crippen LogP contribution in [0.15, 0.2) is 18.2 Å². The van der Waals surface area contributed by atoms with Crippen molar-refractivity contribution in [2.45, 2.75) is 53.0 Å². The van der Waals surface area contributed by atoms with Crippen LogP contribution in [0, 0.1) is 6.92 Å². The van der Waals surface area contributed by atoms with Gasteiger partial charge in [0, 0.05) is 24.0 Å². The third-order valence-corrected chi connectivity index (χ3v) is 3.28. The van der Waals surface area contributed by atoms with Crippen LogP contribution in [0.1, 0.15) is 45.6 Å². The quantitative estimate of drug-likeness (QED) is 0.596. The molecule has 0 aliphatic heterocycles. The second-order valence-corrected chi connectivity index (χ2v) is 4.99. The van der Waals surface area contributed by atoms with E-state index in [1.54, 1.807) is 0 Å². The Bertz CT molecular complexity index is 345. The second-order valence-electron chi connectivity index (χ2n) is 4.99. The monoisotopic (exact) mass is 234 g/mol. The first-order valence-corrected chi connectivity index (χ1v) is 6.69. The molecule has 0 radical (unpaired) electrons. The number of benzene rings is 1. The van der Waals surface area contributed by atoms with Gasteiger partial charge in [0.05, 0.1) is 0 Å². The molecule has 96 valence electrons. The molecule has 0 spiro atoms. The van der Waals surface area contributed by atoms with Crippen LogP contribution >= 0.6 is 0 Å². The topological polar surface area (TPSA) is 29.3 Å². The summed E-state index contributed by atoms with van der Waals surface area (Å²) in [4.78, 5) is 2.46. The zero-order valence-corrected chi connectivity index (χ0v) is 11.7. The van der Waals surface area contributed by atoms with Crippen LogP contribution in [-0.2, 0) is 0 Å². The van der Waals surface area contributed by atoms with Gasteiger partial charge in [-0.1, -0.05) is 25.8 Å². The number of nitrogens with zero attached hydrogens (tertiary/aromatic N) is 1. The highest BCUT2D eigenvalue weighted by Gasteiger charge is 2.13. The fourth-order valence-electron chi connectivity index (χ4n) is 2.14. The Morgan fingerprint density at radius 3 is 2.53 bits per heavy atom. The predicted molar refractivity (Wildman–Crippen MR) is 77.6 cm³/mol. The molecule has 2 nitrogen and oxygen atoms in total. The zero-order chi connectivity index (χ0) is 12.8. The number of hydrogen-bond acceptors (Lipinski definition) is 2. The Hall–Kier alpha value is -1.18. The maximum absolute atomic E-state index is 5.99. The number of rotatable bonds is 6. The lowest BCUT2D eigenvalue weighted by Gasteiger charge is -2.31. The minimum atomic E-state index is 0.521.